The number of benzene rings is 1. The highest BCUT2D eigenvalue weighted by atomic mass is 32.1. The molecule has 1 amide bonds. The van der Waals surface area contributed by atoms with E-state index in [2.05, 4.69) is 15.2 Å². The minimum Gasteiger partial charge on any atom is -0.486 e. The highest BCUT2D eigenvalue weighted by Crippen LogP contribution is 2.39. The zero-order chi connectivity index (χ0) is 21.5. The number of aryl methyl sites for hydroxylation is 2. The van der Waals surface area contributed by atoms with E-state index in [-0.39, 0.29) is 12.0 Å². The van der Waals surface area contributed by atoms with Gasteiger partial charge in [0.05, 0.1) is 22.5 Å². The number of aliphatic hydroxyl groups excluding tert-OH is 1. The van der Waals surface area contributed by atoms with Crippen LogP contribution in [-0.2, 0) is 0 Å². The molecule has 1 N–H and O–H groups in total. The molecule has 1 aliphatic carbocycles. The minimum absolute atomic E-state index is 0.0578. The average molecular weight is 440 g/mol. The Morgan fingerprint density at radius 3 is 2.55 bits per heavy atom. The third-order valence-electron chi connectivity index (χ3n) is 6.31. The van der Waals surface area contributed by atoms with Crippen LogP contribution in [0.2, 0.25) is 0 Å². The minimum atomic E-state index is -0.572. The first-order chi connectivity index (χ1) is 15.0. The first kappa shape index (κ1) is 20.1. The molecule has 9 heteroatoms. The number of ether oxygens (including phenoxy) is 1. The number of rotatable bonds is 4. The van der Waals surface area contributed by atoms with Gasteiger partial charge in [-0.15, -0.1) is 21.5 Å². The molecule has 162 valence electrons. The lowest BCUT2D eigenvalue weighted by molar-refractivity contribution is -0.0231. The van der Waals surface area contributed by atoms with Gasteiger partial charge in [-0.2, -0.15) is 0 Å². The summed E-state index contributed by atoms with van der Waals surface area (Å²) in [5.74, 6) is 1.35. The molecule has 5 rings (SSSR count). The summed E-state index contributed by atoms with van der Waals surface area (Å²) in [5.41, 5.74) is 1.63. The number of aliphatic hydroxyl groups is 1. The lowest BCUT2D eigenvalue weighted by Crippen LogP contribution is -2.42. The highest BCUT2D eigenvalue weighted by Gasteiger charge is 2.44. The summed E-state index contributed by atoms with van der Waals surface area (Å²) in [4.78, 5) is 20.1. The molecule has 2 fully saturated rings. The van der Waals surface area contributed by atoms with Gasteiger partial charge in [-0.3, -0.25) is 9.36 Å². The zero-order valence-corrected chi connectivity index (χ0v) is 18.3. The fourth-order valence-corrected chi connectivity index (χ4v) is 5.70. The van der Waals surface area contributed by atoms with Gasteiger partial charge in [0.15, 0.2) is 0 Å². The smallest absolute Gasteiger partial charge is 0.265 e. The van der Waals surface area contributed by atoms with E-state index in [1.165, 1.54) is 11.3 Å². The van der Waals surface area contributed by atoms with Crippen molar-refractivity contribution in [2.45, 2.75) is 38.9 Å². The first-order valence-electron chi connectivity index (χ1n) is 10.5. The SMILES string of the molecule is Cc1nc(C)c(C(=O)N2C[C@H]3C[C@@H](Oc4ccccc4-n4cnnc4)[C@H](O)C[C@H]3C2)s1. The Morgan fingerprint density at radius 1 is 1.13 bits per heavy atom. The van der Waals surface area contributed by atoms with Crippen molar-refractivity contribution >= 4 is 17.2 Å². The summed E-state index contributed by atoms with van der Waals surface area (Å²) < 4.78 is 8.09. The lowest BCUT2D eigenvalue weighted by atomic mass is 9.78. The molecule has 0 radical (unpaired) electrons. The second-order valence-corrected chi connectivity index (χ2v) is 9.61. The van der Waals surface area contributed by atoms with Gasteiger partial charge < -0.3 is 14.7 Å². The van der Waals surface area contributed by atoms with Crippen molar-refractivity contribution in [1.82, 2.24) is 24.6 Å². The molecule has 31 heavy (non-hydrogen) atoms. The van der Waals surface area contributed by atoms with Crippen LogP contribution in [0.4, 0.5) is 0 Å². The number of nitrogens with zero attached hydrogens (tertiary/aromatic N) is 5. The van der Waals surface area contributed by atoms with Gasteiger partial charge in [0.25, 0.3) is 5.91 Å². The van der Waals surface area contributed by atoms with E-state index < -0.39 is 6.10 Å². The molecule has 3 aromatic rings. The van der Waals surface area contributed by atoms with Crippen molar-refractivity contribution in [2.75, 3.05) is 13.1 Å². The second-order valence-electron chi connectivity index (χ2n) is 8.41. The molecule has 3 heterocycles. The topological polar surface area (TPSA) is 93.4 Å². The first-order valence-corrected chi connectivity index (χ1v) is 11.3. The maximum atomic E-state index is 13.0. The number of amides is 1. The lowest BCUT2D eigenvalue weighted by Gasteiger charge is -2.35. The Labute approximate surface area is 184 Å². The fraction of sp³-hybridized carbons (Fsp3) is 0.455. The van der Waals surface area contributed by atoms with E-state index in [0.717, 1.165) is 21.3 Å². The number of hydrogen-bond donors (Lipinski definition) is 1. The molecule has 1 saturated heterocycles. The van der Waals surface area contributed by atoms with E-state index in [4.69, 9.17) is 4.74 Å². The molecule has 4 atom stereocenters. The van der Waals surface area contributed by atoms with Crippen LogP contribution in [0.25, 0.3) is 5.69 Å². The molecule has 2 aliphatic rings. The van der Waals surface area contributed by atoms with Crippen LogP contribution < -0.4 is 4.74 Å². The van der Waals surface area contributed by atoms with Crippen LogP contribution in [0.15, 0.2) is 36.9 Å². The molecular weight excluding hydrogens is 414 g/mol. The van der Waals surface area contributed by atoms with Crippen molar-refractivity contribution in [3.63, 3.8) is 0 Å². The van der Waals surface area contributed by atoms with E-state index in [1.54, 1.807) is 17.2 Å². The van der Waals surface area contributed by atoms with Gasteiger partial charge in [0.1, 0.15) is 29.4 Å². The largest absolute Gasteiger partial charge is 0.486 e. The number of carbonyl (C=O) groups is 1. The van der Waals surface area contributed by atoms with Gasteiger partial charge in [0.2, 0.25) is 0 Å². The summed E-state index contributed by atoms with van der Waals surface area (Å²) >= 11 is 1.46. The molecule has 0 unspecified atom stereocenters. The van der Waals surface area contributed by atoms with Gasteiger partial charge in [0, 0.05) is 13.1 Å². The number of hydrogen-bond acceptors (Lipinski definition) is 7. The van der Waals surface area contributed by atoms with Crippen molar-refractivity contribution in [3.8, 4) is 11.4 Å². The zero-order valence-electron chi connectivity index (χ0n) is 17.5. The van der Waals surface area contributed by atoms with E-state index >= 15 is 0 Å². The number of para-hydroxylation sites is 2. The maximum Gasteiger partial charge on any atom is 0.265 e. The molecule has 0 bridgehead atoms. The second kappa shape index (κ2) is 8.05. The number of aromatic nitrogens is 4. The standard InChI is InChI=1S/C22H25N5O3S/c1-13-21(31-14(2)25-13)22(29)26-9-15-7-18(28)20(8-16(15)10-26)30-19-6-4-3-5-17(19)27-11-23-24-12-27/h3-6,11-12,15-16,18,20,28H,7-10H2,1-2H3/t15-,16+,18+,20+/m0/s1. The summed E-state index contributed by atoms with van der Waals surface area (Å²) in [6.07, 6.45) is 3.71. The van der Waals surface area contributed by atoms with Gasteiger partial charge in [-0.05, 0) is 50.7 Å². The Morgan fingerprint density at radius 2 is 1.84 bits per heavy atom. The van der Waals surface area contributed by atoms with Crippen LogP contribution >= 0.6 is 11.3 Å². The number of likely N-dealkylation sites (tertiary alicyclic amines) is 1. The summed E-state index contributed by atoms with van der Waals surface area (Å²) in [7, 11) is 0. The Kier molecular flexibility index (Phi) is 5.23. The molecule has 2 aromatic heterocycles. The Bertz CT molecular complexity index is 1080. The number of thiazole rings is 1. The van der Waals surface area contributed by atoms with Crippen LogP contribution in [0.3, 0.4) is 0 Å². The van der Waals surface area contributed by atoms with Gasteiger partial charge in [-0.1, -0.05) is 12.1 Å². The third kappa shape index (κ3) is 3.83. The van der Waals surface area contributed by atoms with Gasteiger partial charge >= 0.3 is 0 Å². The summed E-state index contributed by atoms with van der Waals surface area (Å²) in [5, 5.41) is 19.5. The monoisotopic (exact) mass is 439 g/mol. The predicted molar refractivity (Wildman–Crippen MR) is 115 cm³/mol. The molecule has 1 aliphatic heterocycles. The van der Waals surface area contributed by atoms with Crippen molar-refractivity contribution in [3.05, 3.63) is 52.5 Å². The summed E-state index contributed by atoms with van der Waals surface area (Å²) in [6, 6.07) is 7.68. The molecule has 1 saturated carbocycles. The molecule has 1 aromatic carbocycles. The van der Waals surface area contributed by atoms with Crippen molar-refractivity contribution in [1.29, 1.82) is 0 Å². The normalized spacial score (nSPS) is 25.5. The predicted octanol–water partition coefficient (Wildman–Crippen LogP) is 2.63. The van der Waals surface area contributed by atoms with E-state index in [1.807, 2.05) is 43.0 Å². The highest BCUT2D eigenvalue weighted by molar-refractivity contribution is 7.13. The summed E-state index contributed by atoms with van der Waals surface area (Å²) in [6.45, 7) is 5.19. The Hall–Kier alpha value is -2.78. The van der Waals surface area contributed by atoms with Crippen LogP contribution in [0.1, 0.15) is 33.2 Å². The quantitative estimate of drug-likeness (QED) is 0.672. The molecular formula is C22H25N5O3S. The number of fused-ring (bicyclic) bond motifs is 1. The van der Waals surface area contributed by atoms with E-state index in [0.29, 0.717) is 43.5 Å². The van der Waals surface area contributed by atoms with Crippen molar-refractivity contribution < 1.29 is 14.6 Å². The fourth-order valence-electron chi connectivity index (χ4n) is 4.81. The number of carbonyl (C=O) groups excluding carboxylic acids is 1. The maximum absolute atomic E-state index is 13.0. The third-order valence-corrected chi connectivity index (χ3v) is 7.37. The van der Waals surface area contributed by atoms with E-state index in [9.17, 15) is 9.90 Å². The van der Waals surface area contributed by atoms with Crippen molar-refractivity contribution in [2.24, 2.45) is 11.8 Å². The van der Waals surface area contributed by atoms with Crippen LogP contribution in [0, 0.1) is 25.7 Å². The van der Waals surface area contributed by atoms with Crippen LogP contribution in [0.5, 0.6) is 5.75 Å². The van der Waals surface area contributed by atoms with Gasteiger partial charge in [-0.25, -0.2) is 4.98 Å². The molecule has 8 nitrogen and oxygen atoms in total. The van der Waals surface area contributed by atoms with Crippen LogP contribution in [-0.4, -0.2) is 61.0 Å². The molecule has 0 spiro atoms. The average Bonchev–Trinajstić information content (AvgIpc) is 3.48. The Balaban J connectivity index is 1.30.